The molecule has 0 saturated carbocycles. The summed E-state index contributed by atoms with van der Waals surface area (Å²) >= 11 is 0. The van der Waals surface area contributed by atoms with Crippen LogP contribution >= 0.6 is 0 Å². The zero-order valence-corrected chi connectivity index (χ0v) is 49.6. The Bertz CT molecular complexity index is 1470. The molecule has 19 heteroatoms. The number of carbonyl (C=O) groups excluding carboxylic acids is 1. The van der Waals surface area contributed by atoms with E-state index in [9.17, 15) is 61.0 Å². The van der Waals surface area contributed by atoms with Gasteiger partial charge in [0, 0.05) is 6.42 Å². The van der Waals surface area contributed by atoms with Gasteiger partial charge in [0.25, 0.3) is 0 Å². The van der Waals surface area contributed by atoms with Gasteiger partial charge in [0.05, 0.1) is 38.6 Å². The Morgan fingerprint density at radius 2 is 0.713 bits per heavy atom. The summed E-state index contributed by atoms with van der Waals surface area (Å²) in [5.41, 5.74) is 0. The van der Waals surface area contributed by atoms with Gasteiger partial charge in [-0.05, 0) is 12.8 Å². The van der Waals surface area contributed by atoms with E-state index in [1.165, 1.54) is 173 Å². The second-order valence-electron chi connectivity index (χ2n) is 23.6. The van der Waals surface area contributed by atoms with Crippen molar-refractivity contribution < 1.29 is 89.4 Å². The third-order valence-electron chi connectivity index (χ3n) is 16.7. The molecule has 3 aliphatic heterocycles. The van der Waals surface area contributed by atoms with E-state index in [1.807, 2.05) is 0 Å². The van der Waals surface area contributed by atoms with Crippen molar-refractivity contribution in [3.8, 4) is 0 Å². The molecule has 3 heterocycles. The molecule has 474 valence electrons. The first kappa shape index (κ1) is 73.0. The number of rotatable bonds is 49. The number of ether oxygens (including phenoxy) is 6. The largest absolute Gasteiger partial charge is 0.394 e. The molecule has 3 aliphatic rings. The Morgan fingerprint density at radius 3 is 1.09 bits per heavy atom. The van der Waals surface area contributed by atoms with Crippen LogP contribution in [0.5, 0.6) is 0 Å². The molecule has 3 fully saturated rings. The van der Waals surface area contributed by atoms with Crippen LogP contribution in [0.25, 0.3) is 0 Å². The molecule has 0 aromatic rings. The number of hydrogen-bond acceptors (Lipinski definition) is 18. The van der Waals surface area contributed by atoms with Crippen molar-refractivity contribution in [3.05, 3.63) is 0 Å². The van der Waals surface area contributed by atoms with Gasteiger partial charge in [-0.2, -0.15) is 0 Å². The lowest BCUT2D eigenvalue weighted by Crippen LogP contribution is -2.66. The van der Waals surface area contributed by atoms with E-state index in [2.05, 4.69) is 19.2 Å². The van der Waals surface area contributed by atoms with E-state index >= 15 is 0 Å². The van der Waals surface area contributed by atoms with Crippen molar-refractivity contribution in [2.45, 2.75) is 356 Å². The van der Waals surface area contributed by atoms with Crippen LogP contribution in [-0.4, -0.2) is 193 Å². The SMILES string of the molecule is CCCCCCCCCCCCCCCCCCCCCCCCCCCCCCCCCC(O)C(COC1OC(CO)C(OC2OC(CO)C(OC3OC(CO)C(O)C(O)C3O)C(O)C2O)C(O)C1O)NC(=O)CCCCCC. The first-order chi connectivity index (χ1) is 38.8. The molecule has 1 amide bonds. The monoisotopic (exact) mass is 1150 g/mol. The number of carbonyl (C=O) groups is 1. The molecule has 17 unspecified atom stereocenters. The molecule has 19 nitrogen and oxygen atoms in total. The highest BCUT2D eigenvalue weighted by molar-refractivity contribution is 5.76. The third-order valence-corrected chi connectivity index (χ3v) is 16.7. The molecule has 17 atom stereocenters. The van der Waals surface area contributed by atoms with Crippen LogP contribution in [-0.2, 0) is 33.2 Å². The summed E-state index contributed by atoms with van der Waals surface area (Å²) in [6, 6.07) is -0.877. The second-order valence-corrected chi connectivity index (χ2v) is 23.6. The Kier molecular flexibility index (Phi) is 41.2. The highest BCUT2D eigenvalue weighted by Gasteiger charge is 2.53. The maximum absolute atomic E-state index is 13.0. The van der Waals surface area contributed by atoms with Gasteiger partial charge in [0.1, 0.15) is 73.2 Å². The third kappa shape index (κ3) is 28.3. The normalized spacial score (nSPS) is 29.9. The highest BCUT2D eigenvalue weighted by Crippen LogP contribution is 2.33. The van der Waals surface area contributed by atoms with Crippen molar-refractivity contribution in [1.82, 2.24) is 5.32 Å². The number of amides is 1. The van der Waals surface area contributed by atoms with Crippen molar-refractivity contribution in [3.63, 3.8) is 0 Å². The Hall–Kier alpha value is -1.21. The van der Waals surface area contributed by atoms with Gasteiger partial charge in [-0.1, -0.05) is 232 Å². The molecular weight excluding hydrogens is 1030 g/mol. The van der Waals surface area contributed by atoms with E-state index in [4.69, 9.17) is 28.4 Å². The summed E-state index contributed by atoms with van der Waals surface area (Å²) < 4.78 is 34.2. The summed E-state index contributed by atoms with van der Waals surface area (Å²) in [5, 5.41) is 120. The Morgan fingerprint density at radius 1 is 0.400 bits per heavy atom. The summed E-state index contributed by atoms with van der Waals surface area (Å²) in [6.45, 7) is 1.67. The molecule has 80 heavy (non-hydrogen) atoms. The fourth-order valence-electron chi connectivity index (χ4n) is 11.4. The number of unbranched alkanes of at least 4 members (excludes halogenated alkanes) is 33. The van der Waals surface area contributed by atoms with Crippen LogP contribution in [0, 0.1) is 0 Å². The van der Waals surface area contributed by atoms with Gasteiger partial charge in [0.2, 0.25) is 5.91 Å². The van der Waals surface area contributed by atoms with Crippen molar-refractivity contribution in [2.24, 2.45) is 0 Å². The molecule has 3 rings (SSSR count). The highest BCUT2D eigenvalue weighted by atomic mass is 16.8. The molecule has 0 aliphatic carbocycles. The minimum atomic E-state index is -1.97. The number of nitrogens with one attached hydrogen (secondary N) is 1. The topological polar surface area (TPSA) is 307 Å². The zero-order valence-electron chi connectivity index (χ0n) is 49.6. The minimum absolute atomic E-state index is 0.258. The molecule has 0 bridgehead atoms. The lowest BCUT2D eigenvalue weighted by Gasteiger charge is -2.48. The zero-order chi connectivity index (χ0) is 58.3. The maximum Gasteiger partial charge on any atom is 0.220 e. The van der Waals surface area contributed by atoms with Gasteiger partial charge in [-0.15, -0.1) is 0 Å². The lowest BCUT2D eigenvalue weighted by atomic mass is 9.96. The maximum atomic E-state index is 13.0. The molecule has 3 saturated heterocycles. The van der Waals surface area contributed by atoms with E-state index in [1.54, 1.807) is 0 Å². The quantitative estimate of drug-likeness (QED) is 0.0280. The average molecular weight is 1150 g/mol. The summed E-state index contributed by atoms with van der Waals surface area (Å²) in [7, 11) is 0. The van der Waals surface area contributed by atoms with E-state index in [-0.39, 0.29) is 18.9 Å². The van der Waals surface area contributed by atoms with Crippen molar-refractivity contribution in [2.75, 3.05) is 26.4 Å². The summed E-state index contributed by atoms with van der Waals surface area (Å²) in [5.74, 6) is -0.258. The van der Waals surface area contributed by atoms with Gasteiger partial charge in [-0.3, -0.25) is 4.79 Å². The minimum Gasteiger partial charge on any atom is -0.394 e. The average Bonchev–Trinajstić information content (AvgIpc) is 3.46. The summed E-state index contributed by atoms with van der Waals surface area (Å²) in [4.78, 5) is 13.0. The standard InChI is InChI=1S/C61H117NO18/c1-3-5-7-9-10-11-12-13-14-15-16-17-18-19-20-21-22-23-24-25-26-27-28-29-30-31-32-33-34-35-36-38-45(66)44(62-49(67)39-37-8-6-4-2)43-75-59-55(73)52(70)57(47(41-64)77-59)80-61-56(74)53(71)58(48(42-65)78-61)79-60-54(72)51(69)50(68)46(40-63)76-60/h44-48,50-61,63-66,68-74H,3-43H2,1-2H3,(H,62,67). The van der Waals surface area contributed by atoms with E-state index in [0.29, 0.717) is 12.8 Å². The first-order valence-electron chi connectivity index (χ1n) is 32.3. The van der Waals surface area contributed by atoms with Gasteiger partial charge in [0.15, 0.2) is 18.9 Å². The van der Waals surface area contributed by atoms with E-state index < -0.39 is 124 Å². The smallest absolute Gasteiger partial charge is 0.220 e. The molecule has 0 aromatic heterocycles. The summed E-state index contributed by atoms with van der Waals surface area (Å²) in [6.07, 6.45) is 18.9. The predicted molar refractivity (Wildman–Crippen MR) is 305 cm³/mol. The van der Waals surface area contributed by atoms with Gasteiger partial charge >= 0.3 is 0 Å². The fourth-order valence-corrected chi connectivity index (χ4v) is 11.4. The molecule has 0 spiro atoms. The van der Waals surface area contributed by atoms with Crippen LogP contribution in [0.4, 0.5) is 0 Å². The van der Waals surface area contributed by atoms with Crippen LogP contribution < -0.4 is 5.32 Å². The molecule has 0 radical (unpaired) electrons. The van der Waals surface area contributed by atoms with Crippen molar-refractivity contribution in [1.29, 1.82) is 0 Å². The van der Waals surface area contributed by atoms with Gasteiger partial charge < -0.3 is 89.9 Å². The number of hydrogen-bond donors (Lipinski definition) is 12. The molecular formula is C61H117NO18. The Balaban J connectivity index is 1.29. The number of aliphatic hydroxyl groups excluding tert-OH is 11. The lowest BCUT2D eigenvalue weighted by molar-refractivity contribution is -0.379. The van der Waals surface area contributed by atoms with Crippen LogP contribution in [0.1, 0.15) is 251 Å². The van der Waals surface area contributed by atoms with Crippen LogP contribution in [0.2, 0.25) is 0 Å². The molecule has 12 N–H and O–H groups in total. The Labute approximate surface area is 481 Å². The van der Waals surface area contributed by atoms with Gasteiger partial charge in [-0.25, -0.2) is 0 Å². The second kappa shape index (κ2) is 45.2. The van der Waals surface area contributed by atoms with Crippen molar-refractivity contribution >= 4 is 5.91 Å². The predicted octanol–water partition coefficient (Wildman–Crippen LogP) is 6.77. The molecule has 0 aromatic carbocycles. The first-order valence-corrected chi connectivity index (χ1v) is 32.3. The van der Waals surface area contributed by atoms with Crippen LogP contribution in [0.15, 0.2) is 0 Å². The van der Waals surface area contributed by atoms with Crippen LogP contribution in [0.3, 0.4) is 0 Å². The fraction of sp³-hybridized carbons (Fsp3) is 0.984. The van der Waals surface area contributed by atoms with E-state index in [0.717, 1.165) is 44.9 Å². The number of aliphatic hydroxyl groups is 11.